The highest BCUT2D eigenvalue weighted by Crippen LogP contribution is 2.21. The first-order valence-electron chi connectivity index (χ1n) is 7.48. The fourth-order valence-corrected chi connectivity index (χ4v) is 2.82. The molecule has 0 aliphatic carbocycles. The number of halogens is 1. The Morgan fingerprint density at radius 3 is 2.64 bits per heavy atom. The van der Waals surface area contributed by atoms with E-state index in [4.69, 9.17) is 5.73 Å². The number of nitrogens with one attached hydrogen (secondary N) is 2. The Morgan fingerprint density at radius 1 is 1.32 bits per heavy atom. The highest BCUT2D eigenvalue weighted by molar-refractivity contribution is 6.04. The summed E-state index contributed by atoms with van der Waals surface area (Å²) in [6.45, 7) is 3.89. The number of anilines is 1. The lowest BCUT2D eigenvalue weighted by Gasteiger charge is -2.22. The van der Waals surface area contributed by atoms with E-state index >= 15 is 0 Å². The van der Waals surface area contributed by atoms with Crippen LogP contribution >= 0.6 is 12.4 Å². The molecule has 1 saturated heterocycles. The Morgan fingerprint density at radius 2 is 2.00 bits per heavy atom. The van der Waals surface area contributed by atoms with Crippen molar-refractivity contribution in [1.29, 1.82) is 0 Å². The fourth-order valence-electron chi connectivity index (χ4n) is 2.82. The molecular weight excluding hydrogens is 302 g/mol. The number of piperidine rings is 1. The molecule has 1 aromatic rings. The van der Waals surface area contributed by atoms with E-state index in [1.807, 2.05) is 19.1 Å². The van der Waals surface area contributed by atoms with E-state index in [9.17, 15) is 9.59 Å². The van der Waals surface area contributed by atoms with Gasteiger partial charge in [0.2, 0.25) is 5.91 Å². The van der Waals surface area contributed by atoms with Crippen LogP contribution in [0.2, 0.25) is 0 Å². The van der Waals surface area contributed by atoms with Gasteiger partial charge in [-0.15, -0.1) is 12.4 Å². The molecule has 0 radical (unpaired) electrons. The van der Waals surface area contributed by atoms with Crippen LogP contribution in [-0.2, 0) is 4.79 Å². The van der Waals surface area contributed by atoms with Gasteiger partial charge in [-0.05, 0) is 56.8 Å². The predicted octanol–water partition coefficient (Wildman–Crippen LogP) is 2.23. The van der Waals surface area contributed by atoms with Crippen molar-refractivity contribution >= 4 is 29.9 Å². The standard InChI is InChI=1S/C16H23N3O2.ClH/c1-11-3-2-4-13(15(11)16(17)21)19-14(20)6-5-12-7-9-18-10-8-12;/h2-4,12,18H,5-10H2,1H3,(H2,17,21)(H,19,20);1H. The van der Waals surface area contributed by atoms with Crippen LogP contribution in [0.3, 0.4) is 0 Å². The third kappa shape index (κ3) is 5.00. The molecular formula is C16H24ClN3O2. The van der Waals surface area contributed by atoms with Crippen molar-refractivity contribution in [1.82, 2.24) is 5.32 Å². The minimum absolute atomic E-state index is 0. The number of amides is 2. The minimum atomic E-state index is -0.512. The van der Waals surface area contributed by atoms with Crippen molar-refractivity contribution in [2.45, 2.75) is 32.6 Å². The number of aryl methyl sites for hydroxylation is 1. The van der Waals surface area contributed by atoms with Crippen LogP contribution < -0.4 is 16.4 Å². The number of hydrogen-bond acceptors (Lipinski definition) is 3. The molecule has 2 rings (SSSR count). The van der Waals surface area contributed by atoms with Gasteiger partial charge in [0.25, 0.3) is 5.91 Å². The molecule has 1 heterocycles. The summed E-state index contributed by atoms with van der Waals surface area (Å²) < 4.78 is 0. The Kier molecular flexibility index (Phi) is 7.35. The first kappa shape index (κ1) is 18.5. The summed E-state index contributed by atoms with van der Waals surface area (Å²) in [5.41, 5.74) is 7.07. The zero-order chi connectivity index (χ0) is 15.2. The van der Waals surface area contributed by atoms with Gasteiger partial charge in [-0.3, -0.25) is 9.59 Å². The number of carbonyl (C=O) groups excluding carboxylic acids is 2. The molecule has 22 heavy (non-hydrogen) atoms. The van der Waals surface area contributed by atoms with Crippen LogP contribution in [0.1, 0.15) is 41.6 Å². The first-order chi connectivity index (χ1) is 10.1. The lowest BCUT2D eigenvalue weighted by Crippen LogP contribution is -2.28. The number of benzene rings is 1. The van der Waals surface area contributed by atoms with E-state index in [0.717, 1.165) is 37.9 Å². The molecule has 2 amide bonds. The summed E-state index contributed by atoms with van der Waals surface area (Å²) in [4.78, 5) is 23.6. The quantitative estimate of drug-likeness (QED) is 0.776. The van der Waals surface area contributed by atoms with Gasteiger partial charge < -0.3 is 16.4 Å². The van der Waals surface area contributed by atoms with Gasteiger partial charge in [-0.1, -0.05) is 12.1 Å². The molecule has 0 saturated carbocycles. The Labute approximate surface area is 137 Å². The van der Waals surface area contributed by atoms with Crippen molar-refractivity contribution in [3.8, 4) is 0 Å². The van der Waals surface area contributed by atoms with Crippen molar-refractivity contribution in [3.05, 3.63) is 29.3 Å². The molecule has 0 spiro atoms. The van der Waals surface area contributed by atoms with Gasteiger partial charge in [0.1, 0.15) is 0 Å². The van der Waals surface area contributed by atoms with Gasteiger partial charge in [0, 0.05) is 6.42 Å². The summed E-state index contributed by atoms with van der Waals surface area (Å²) in [7, 11) is 0. The van der Waals surface area contributed by atoms with Gasteiger partial charge in [0.15, 0.2) is 0 Å². The second kappa shape index (κ2) is 8.76. The molecule has 1 aliphatic rings. The van der Waals surface area contributed by atoms with Crippen molar-refractivity contribution in [3.63, 3.8) is 0 Å². The third-order valence-electron chi connectivity index (χ3n) is 4.03. The third-order valence-corrected chi connectivity index (χ3v) is 4.03. The number of rotatable bonds is 5. The van der Waals surface area contributed by atoms with Crippen LogP contribution in [0.25, 0.3) is 0 Å². The Bertz CT molecular complexity index is 528. The maximum Gasteiger partial charge on any atom is 0.251 e. The van der Waals surface area contributed by atoms with E-state index < -0.39 is 5.91 Å². The van der Waals surface area contributed by atoms with Gasteiger partial charge in [-0.2, -0.15) is 0 Å². The van der Waals surface area contributed by atoms with Crippen LogP contribution in [0, 0.1) is 12.8 Å². The lowest BCUT2D eigenvalue weighted by molar-refractivity contribution is -0.116. The van der Waals surface area contributed by atoms with E-state index in [1.165, 1.54) is 0 Å². The molecule has 6 heteroatoms. The summed E-state index contributed by atoms with van der Waals surface area (Å²) in [5.74, 6) is 0.0495. The highest BCUT2D eigenvalue weighted by Gasteiger charge is 2.16. The van der Waals surface area contributed by atoms with E-state index in [-0.39, 0.29) is 18.3 Å². The number of hydrogen-bond donors (Lipinski definition) is 3. The molecule has 5 nitrogen and oxygen atoms in total. The maximum atomic E-state index is 12.1. The number of nitrogens with two attached hydrogens (primary N) is 1. The molecule has 1 aliphatic heterocycles. The number of primary amides is 1. The van der Waals surface area contributed by atoms with Crippen LogP contribution in [-0.4, -0.2) is 24.9 Å². The normalized spacial score (nSPS) is 15.0. The molecule has 1 fully saturated rings. The number of carbonyl (C=O) groups is 2. The average molecular weight is 326 g/mol. The van der Waals surface area contributed by atoms with Crippen molar-refractivity contribution in [2.75, 3.05) is 18.4 Å². The second-order valence-corrected chi connectivity index (χ2v) is 5.64. The predicted molar refractivity (Wildman–Crippen MR) is 90.4 cm³/mol. The molecule has 1 aromatic carbocycles. The average Bonchev–Trinajstić information content (AvgIpc) is 2.46. The zero-order valence-electron chi connectivity index (χ0n) is 12.9. The maximum absolute atomic E-state index is 12.1. The van der Waals surface area contributed by atoms with Crippen LogP contribution in [0.4, 0.5) is 5.69 Å². The van der Waals surface area contributed by atoms with Crippen LogP contribution in [0.15, 0.2) is 18.2 Å². The smallest absolute Gasteiger partial charge is 0.251 e. The van der Waals surface area contributed by atoms with Gasteiger partial charge in [-0.25, -0.2) is 0 Å². The van der Waals surface area contributed by atoms with E-state index in [2.05, 4.69) is 10.6 Å². The zero-order valence-corrected chi connectivity index (χ0v) is 13.7. The second-order valence-electron chi connectivity index (χ2n) is 5.64. The van der Waals surface area contributed by atoms with E-state index in [0.29, 0.717) is 23.6 Å². The fraction of sp³-hybridized carbons (Fsp3) is 0.500. The summed E-state index contributed by atoms with van der Waals surface area (Å²) in [6, 6.07) is 5.34. The van der Waals surface area contributed by atoms with Gasteiger partial charge in [0.05, 0.1) is 11.3 Å². The summed E-state index contributed by atoms with van der Waals surface area (Å²) in [6.07, 6.45) is 3.64. The molecule has 4 N–H and O–H groups in total. The summed E-state index contributed by atoms with van der Waals surface area (Å²) >= 11 is 0. The summed E-state index contributed by atoms with van der Waals surface area (Å²) in [5, 5.41) is 6.13. The molecule has 0 unspecified atom stereocenters. The van der Waals surface area contributed by atoms with E-state index in [1.54, 1.807) is 6.07 Å². The van der Waals surface area contributed by atoms with Crippen molar-refractivity contribution in [2.24, 2.45) is 11.7 Å². The largest absolute Gasteiger partial charge is 0.366 e. The topological polar surface area (TPSA) is 84.2 Å². The molecule has 0 bridgehead atoms. The molecule has 122 valence electrons. The van der Waals surface area contributed by atoms with Crippen molar-refractivity contribution < 1.29 is 9.59 Å². The minimum Gasteiger partial charge on any atom is -0.366 e. The van der Waals surface area contributed by atoms with Gasteiger partial charge >= 0.3 is 0 Å². The Hall–Kier alpha value is -1.59. The first-order valence-corrected chi connectivity index (χ1v) is 7.48. The Balaban J connectivity index is 0.00000242. The van der Waals surface area contributed by atoms with Crippen LogP contribution in [0.5, 0.6) is 0 Å². The highest BCUT2D eigenvalue weighted by atomic mass is 35.5. The SMILES string of the molecule is Cc1cccc(NC(=O)CCC2CCNCC2)c1C(N)=O.Cl. The lowest BCUT2D eigenvalue weighted by atomic mass is 9.93. The monoisotopic (exact) mass is 325 g/mol. The molecule has 0 aromatic heterocycles. The molecule has 0 atom stereocenters.